The van der Waals surface area contributed by atoms with Crippen LogP contribution in [0.2, 0.25) is 0 Å². The number of non-ortho nitro benzene ring substituents is 1. The number of nitro groups is 1. The Labute approximate surface area is 95.5 Å². The Hall–Kier alpha value is -2.44. The maximum atomic E-state index is 11.6. The molecule has 1 fully saturated rings. The van der Waals surface area contributed by atoms with Crippen LogP contribution in [0.3, 0.4) is 0 Å². The molecule has 0 saturated carbocycles. The number of nitrogens with zero attached hydrogens (tertiary/aromatic N) is 1. The molecular formula is C10H8N2O5. The molecule has 1 atom stereocenters. The van der Waals surface area contributed by atoms with Crippen molar-refractivity contribution in [1.29, 1.82) is 0 Å². The zero-order valence-electron chi connectivity index (χ0n) is 8.80. The lowest BCUT2D eigenvalue weighted by Gasteiger charge is -2.18. The number of benzene rings is 1. The maximum absolute atomic E-state index is 11.6. The van der Waals surface area contributed by atoms with Crippen LogP contribution in [0.25, 0.3) is 0 Å². The molecule has 0 bridgehead atoms. The van der Waals surface area contributed by atoms with Crippen LogP contribution in [0.15, 0.2) is 24.3 Å². The predicted octanol–water partition coefficient (Wildman–Crippen LogP) is 1.08. The lowest BCUT2D eigenvalue weighted by molar-refractivity contribution is -0.385. The monoisotopic (exact) mass is 236 g/mol. The predicted molar refractivity (Wildman–Crippen MR) is 55.1 cm³/mol. The lowest BCUT2D eigenvalue weighted by atomic mass is 9.95. The van der Waals surface area contributed by atoms with Gasteiger partial charge in [-0.05, 0) is 6.92 Å². The molecule has 1 aliphatic heterocycles. The van der Waals surface area contributed by atoms with Gasteiger partial charge in [-0.15, -0.1) is 0 Å². The molecular weight excluding hydrogens is 228 g/mol. The highest BCUT2D eigenvalue weighted by Gasteiger charge is 2.46. The van der Waals surface area contributed by atoms with Crippen LogP contribution in [0, 0.1) is 10.1 Å². The van der Waals surface area contributed by atoms with Crippen LogP contribution in [-0.2, 0) is 15.1 Å². The SMILES string of the molecule is CC1(c2cccc([N+](=O)[O-])c2)OC(=O)NC1=O. The van der Waals surface area contributed by atoms with Crippen LogP contribution < -0.4 is 5.32 Å². The summed E-state index contributed by atoms with van der Waals surface area (Å²) in [6, 6.07) is 5.42. The third kappa shape index (κ3) is 1.71. The van der Waals surface area contributed by atoms with Gasteiger partial charge in [-0.25, -0.2) is 4.79 Å². The van der Waals surface area contributed by atoms with E-state index in [4.69, 9.17) is 4.74 Å². The highest BCUT2D eigenvalue weighted by molar-refractivity contribution is 6.03. The van der Waals surface area contributed by atoms with Gasteiger partial charge >= 0.3 is 6.09 Å². The van der Waals surface area contributed by atoms with Crippen molar-refractivity contribution < 1.29 is 19.2 Å². The number of cyclic esters (lactones) is 1. The van der Waals surface area contributed by atoms with Crippen molar-refractivity contribution in [3.63, 3.8) is 0 Å². The van der Waals surface area contributed by atoms with Crippen molar-refractivity contribution in [1.82, 2.24) is 5.32 Å². The third-order valence-corrected chi connectivity index (χ3v) is 2.55. The number of rotatable bonds is 2. The zero-order chi connectivity index (χ0) is 12.6. The second-order valence-electron chi connectivity index (χ2n) is 3.68. The molecule has 7 nitrogen and oxygen atoms in total. The number of hydrogen-bond acceptors (Lipinski definition) is 5. The molecule has 0 aromatic heterocycles. The molecule has 0 spiro atoms. The molecule has 1 saturated heterocycles. The highest BCUT2D eigenvalue weighted by atomic mass is 16.6. The number of nitro benzene ring substituents is 1. The van der Waals surface area contributed by atoms with Crippen molar-refractivity contribution in [2.45, 2.75) is 12.5 Å². The van der Waals surface area contributed by atoms with Crippen LogP contribution >= 0.6 is 0 Å². The van der Waals surface area contributed by atoms with Gasteiger partial charge in [0, 0.05) is 17.7 Å². The van der Waals surface area contributed by atoms with Gasteiger partial charge in [0.15, 0.2) is 0 Å². The third-order valence-electron chi connectivity index (χ3n) is 2.55. The van der Waals surface area contributed by atoms with E-state index in [-0.39, 0.29) is 11.3 Å². The Morgan fingerprint density at radius 2 is 2.12 bits per heavy atom. The molecule has 1 N–H and O–H groups in total. The summed E-state index contributed by atoms with van der Waals surface area (Å²) >= 11 is 0. The summed E-state index contributed by atoms with van der Waals surface area (Å²) < 4.78 is 4.86. The maximum Gasteiger partial charge on any atom is 0.415 e. The molecule has 1 heterocycles. The summed E-state index contributed by atoms with van der Waals surface area (Å²) in [6.07, 6.45) is -0.857. The zero-order valence-corrected chi connectivity index (χ0v) is 8.80. The average Bonchev–Trinajstić information content (AvgIpc) is 2.54. The van der Waals surface area contributed by atoms with Gasteiger partial charge < -0.3 is 4.74 Å². The van der Waals surface area contributed by atoms with Gasteiger partial charge in [0.2, 0.25) is 5.60 Å². The summed E-state index contributed by atoms with van der Waals surface area (Å²) in [5.74, 6) is -0.636. The fourth-order valence-electron chi connectivity index (χ4n) is 1.58. The molecule has 1 aliphatic rings. The molecule has 2 amide bonds. The number of carbonyl (C=O) groups is 2. The van der Waals surface area contributed by atoms with Gasteiger partial charge in [-0.1, -0.05) is 12.1 Å². The van der Waals surface area contributed by atoms with E-state index in [2.05, 4.69) is 0 Å². The Balaban J connectivity index is 2.47. The van der Waals surface area contributed by atoms with Gasteiger partial charge in [-0.3, -0.25) is 20.2 Å². The van der Waals surface area contributed by atoms with E-state index in [0.29, 0.717) is 0 Å². The van der Waals surface area contributed by atoms with Crippen LogP contribution in [0.1, 0.15) is 12.5 Å². The van der Waals surface area contributed by atoms with Crippen molar-refractivity contribution in [2.75, 3.05) is 0 Å². The van der Waals surface area contributed by atoms with E-state index in [1.807, 2.05) is 5.32 Å². The fraction of sp³-hybridized carbons (Fsp3) is 0.200. The molecule has 7 heteroatoms. The van der Waals surface area contributed by atoms with Crippen LogP contribution in [0.4, 0.5) is 10.5 Å². The van der Waals surface area contributed by atoms with Crippen molar-refractivity contribution in [3.8, 4) is 0 Å². The Morgan fingerprint density at radius 3 is 2.65 bits per heavy atom. The molecule has 88 valence electrons. The van der Waals surface area contributed by atoms with Gasteiger partial charge in [0.05, 0.1) is 4.92 Å². The standard InChI is InChI=1S/C10H8N2O5/c1-10(8(13)11-9(14)17-10)6-3-2-4-7(5-6)12(15)16/h2-5H,1H3,(H,11,13,14). The molecule has 0 aliphatic carbocycles. The first-order valence-corrected chi connectivity index (χ1v) is 4.73. The Morgan fingerprint density at radius 1 is 1.41 bits per heavy atom. The molecule has 1 aromatic rings. The van der Waals surface area contributed by atoms with E-state index in [9.17, 15) is 19.7 Å². The normalized spacial score (nSPS) is 23.1. The molecule has 2 rings (SSSR count). The van der Waals surface area contributed by atoms with E-state index < -0.39 is 22.5 Å². The van der Waals surface area contributed by atoms with Crippen molar-refractivity contribution in [3.05, 3.63) is 39.9 Å². The number of carbonyl (C=O) groups excluding carboxylic acids is 2. The largest absolute Gasteiger partial charge is 0.428 e. The number of alkyl carbamates (subject to hydrolysis) is 1. The quantitative estimate of drug-likeness (QED) is 0.611. The van der Waals surface area contributed by atoms with Crippen LogP contribution in [0.5, 0.6) is 0 Å². The van der Waals surface area contributed by atoms with Crippen molar-refractivity contribution >= 4 is 17.7 Å². The number of amides is 2. The number of ether oxygens (including phenoxy) is 1. The van der Waals surface area contributed by atoms with Gasteiger partial charge in [0.1, 0.15) is 0 Å². The summed E-state index contributed by atoms with van der Waals surface area (Å²) in [5.41, 5.74) is -1.42. The molecule has 1 aromatic carbocycles. The first-order chi connectivity index (χ1) is 7.93. The van der Waals surface area contributed by atoms with E-state index in [1.54, 1.807) is 0 Å². The summed E-state index contributed by atoms with van der Waals surface area (Å²) in [7, 11) is 0. The number of hydrogen-bond donors (Lipinski definition) is 1. The fourth-order valence-corrected chi connectivity index (χ4v) is 1.58. The van der Waals surface area contributed by atoms with E-state index >= 15 is 0 Å². The molecule has 1 unspecified atom stereocenters. The number of imide groups is 1. The molecule has 0 radical (unpaired) electrons. The van der Waals surface area contributed by atoms with Gasteiger partial charge in [0.25, 0.3) is 11.6 Å². The minimum absolute atomic E-state index is 0.167. The summed E-state index contributed by atoms with van der Waals surface area (Å²) in [4.78, 5) is 32.6. The average molecular weight is 236 g/mol. The van der Waals surface area contributed by atoms with E-state index in [0.717, 1.165) is 0 Å². The summed E-state index contributed by atoms with van der Waals surface area (Å²) in [6.45, 7) is 1.38. The van der Waals surface area contributed by atoms with Crippen LogP contribution in [-0.4, -0.2) is 16.9 Å². The first kappa shape index (κ1) is 11.1. The highest BCUT2D eigenvalue weighted by Crippen LogP contribution is 2.31. The van der Waals surface area contributed by atoms with Gasteiger partial charge in [-0.2, -0.15) is 0 Å². The molecule has 17 heavy (non-hydrogen) atoms. The first-order valence-electron chi connectivity index (χ1n) is 4.73. The lowest BCUT2D eigenvalue weighted by Crippen LogP contribution is -2.33. The minimum atomic E-state index is -1.51. The van der Waals surface area contributed by atoms with E-state index in [1.165, 1.54) is 31.2 Å². The number of nitrogens with one attached hydrogen (secondary N) is 1. The minimum Gasteiger partial charge on any atom is -0.428 e. The van der Waals surface area contributed by atoms with Crippen molar-refractivity contribution in [2.24, 2.45) is 0 Å². The second kappa shape index (κ2) is 3.55. The Kier molecular flexibility index (Phi) is 2.31. The summed E-state index contributed by atoms with van der Waals surface area (Å²) in [5, 5.41) is 12.6. The second-order valence-corrected chi connectivity index (χ2v) is 3.68. The topological polar surface area (TPSA) is 98.5 Å². The smallest absolute Gasteiger partial charge is 0.415 e. The Bertz CT molecular complexity index is 527.